The Kier molecular flexibility index (Phi) is 7.78. The third-order valence-corrected chi connectivity index (χ3v) is 2.83. The van der Waals surface area contributed by atoms with Gasteiger partial charge in [-0.05, 0) is 5.56 Å². The molecule has 0 radical (unpaired) electrons. The molecule has 1 saturated heterocycles. The van der Waals surface area contributed by atoms with E-state index in [1.54, 1.807) is 0 Å². The molecule has 3 N–H and O–H groups in total. The lowest BCUT2D eigenvalue weighted by atomic mass is 10.2. The van der Waals surface area contributed by atoms with Gasteiger partial charge in [-0.1, -0.05) is 30.3 Å². The van der Waals surface area contributed by atoms with E-state index in [1.165, 1.54) is 18.7 Å². The van der Waals surface area contributed by atoms with Crippen LogP contribution in [0, 0.1) is 0 Å². The van der Waals surface area contributed by atoms with Crippen LogP contribution in [-0.2, 0) is 16.1 Å². The van der Waals surface area contributed by atoms with Gasteiger partial charge in [0.15, 0.2) is 0 Å². The van der Waals surface area contributed by atoms with Gasteiger partial charge in [-0.2, -0.15) is 0 Å². The second-order valence-electron chi connectivity index (χ2n) is 4.52. The van der Waals surface area contributed by atoms with E-state index < -0.39 is 11.9 Å². The Morgan fingerprint density at radius 2 is 1.57 bits per heavy atom. The topological polar surface area (TPSA) is 89.9 Å². The van der Waals surface area contributed by atoms with E-state index in [1.807, 2.05) is 0 Å². The molecule has 1 heterocycles. The number of hydrogen-bond acceptors (Lipinski definition) is 4. The molecule has 0 atom stereocenters. The average molecular weight is 292 g/mol. The van der Waals surface area contributed by atoms with E-state index in [0.29, 0.717) is 12.2 Å². The van der Waals surface area contributed by atoms with E-state index >= 15 is 0 Å². The van der Waals surface area contributed by atoms with Crippen molar-refractivity contribution < 1.29 is 19.8 Å². The molecule has 114 valence electrons. The van der Waals surface area contributed by atoms with Gasteiger partial charge in [-0.25, -0.2) is 9.59 Å². The minimum Gasteiger partial charge on any atom is -0.478 e. The maximum atomic E-state index is 9.55. The number of aliphatic carboxylic acids is 2. The summed E-state index contributed by atoms with van der Waals surface area (Å²) in [4.78, 5) is 21.6. The Hall–Kier alpha value is -2.18. The molecule has 1 aliphatic rings. The van der Waals surface area contributed by atoms with Crippen molar-refractivity contribution in [3.63, 3.8) is 0 Å². The van der Waals surface area contributed by atoms with Crippen molar-refractivity contribution >= 4 is 11.9 Å². The fraction of sp³-hybridized carbons (Fsp3) is 0.333. The molecule has 0 aromatic heterocycles. The number of rotatable bonds is 4. The highest BCUT2D eigenvalue weighted by Gasteiger charge is 2.08. The second-order valence-corrected chi connectivity index (χ2v) is 4.52. The van der Waals surface area contributed by atoms with Crippen LogP contribution in [0.5, 0.6) is 0 Å². The fourth-order valence-corrected chi connectivity index (χ4v) is 1.85. The Labute approximate surface area is 123 Å². The molecule has 1 aliphatic heterocycles. The Balaban J connectivity index is 0.000000240. The number of piperazine rings is 1. The molecular weight excluding hydrogens is 272 g/mol. The normalized spacial score (nSPS) is 15.2. The summed E-state index contributed by atoms with van der Waals surface area (Å²) in [5, 5.41) is 19.0. The maximum absolute atomic E-state index is 9.55. The van der Waals surface area contributed by atoms with Crippen molar-refractivity contribution in [3.8, 4) is 0 Å². The zero-order chi connectivity index (χ0) is 15.5. The van der Waals surface area contributed by atoms with Crippen LogP contribution in [-0.4, -0.2) is 53.2 Å². The maximum Gasteiger partial charge on any atom is 0.328 e. The van der Waals surface area contributed by atoms with Crippen molar-refractivity contribution in [2.45, 2.75) is 6.54 Å². The van der Waals surface area contributed by atoms with E-state index in [9.17, 15) is 9.59 Å². The van der Waals surface area contributed by atoms with Crippen molar-refractivity contribution in [3.05, 3.63) is 48.0 Å². The van der Waals surface area contributed by atoms with Gasteiger partial charge in [-0.3, -0.25) is 4.90 Å². The Morgan fingerprint density at radius 3 is 2.05 bits per heavy atom. The van der Waals surface area contributed by atoms with Gasteiger partial charge in [0.05, 0.1) is 0 Å². The molecule has 0 bridgehead atoms. The molecule has 0 spiro atoms. The third kappa shape index (κ3) is 8.56. The molecule has 1 aromatic rings. The van der Waals surface area contributed by atoms with E-state index in [-0.39, 0.29) is 0 Å². The van der Waals surface area contributed by atoms with Crippen LogP contribution in [0.3, 0.4) is 0 Å². The molecule has 2 rings (SSSR count). The summed E-state index contributed by atoms with van der Waals surface area (Å²) in [7, 11) is 0. The zero-order valence-electron chi connectivity index (χ0n) is 11.7. The predicted molar refractivity (Wildman–Crippen MR) is 79.0 cm³/mol. The lowest BCUT2D eigenvalue weighted by Gasteiger charge is -2.27. The van der Waals surface area contributed by atoms with Crippen LogP contribution in [0.15, 0.2) is 42.5 Å². The fourth-order valence-electron chi connectivity index (χ4n) is 1.85. The van der Waals surface area contributed by atoms with Crippen molar-refractivity contribution in [1.82, 2.24) is 10.2 Å². The summed E-state index contributed by atoms with van der Waals surface area (Å²) in [5.74, 6) is -2.51. The molecule has 0 aliphatic carbocycles. The summed E-state index contributed by atoms with van der Waals surface area (Å²) in [5.41, 5.74) is 1.42. The molecule has 6 heteroatoms. The molecule has 21 heavy (non-hydrogen) atoms. The first-order chi connectivity index (χ1) is 10.1. The van der Waals surface area contributed by atoms with E-state index in [0.717, 1.165) is 19.6 Å². The summed E-state index contributed by atoms with van der Waals surface area (Å²) in [6, 6.07) is 10.7. The Bertz CT molecular complexity index is 452. The smallest absolute Gasteiger partial charge is 0.328 e. The van der Waals surface area contributed by atoms with Crippen LogP contribution in [0.25, 0.3) is 0 Å². The first kappa shape index (κ1) is 16.9. The van der Waals surface area contributed by atoms with E-state index in [4.69, 9.17) is 10.2 Å². The summed E-state index contributed by atoms with van der Waals surface area (Å²) >= 11 is 0. The van der Waals surface area contributed by atoms with Crippen LogP contribution in [0.4, 0.5) is 0 Å². The molecule has 0 saturated carbocycles. The highest BCUT2D eigenvalue weighted by molar-refractivity contribution is 5.89. The van der Waals surface area contributed by atoms with Gasteiger partial charge in [-0.15, -0.1) is 0 Å². The number of benzene rings is 1. The van der Waals surface area contributed by atoms with Gasteiger partial charge in [0.25, 0.3) is 0 Å². The van der Waals surface area contributed by atoms with Crippen LogP contribution < -0.4 is 5.32 Å². The lowest BCUT2D eigenvalue weighted by molar-refractivity contribution is -0.134. The van der Waals surface area contributed by atoms with E-state index in [2.05, 4.69) is 40.5 Å². The van der Waals surface area contributed by atoms with Crippen molar-refractivity contribution in [1.29, 1.82) is 0 Å². The predicted octanol–water partition coefficient (Wildman–Crippen LogP) is 0.804. The summed E-state index contributed by atoms with van der Waals surface area (Å²) in [6.45, 7) is 5.71. The second kappa shape index (κ2) is 9.68. The van der Waals surface area contributed by atoms with Crippen molar-refractivity contribution in [2.24, 2.45) is 0 Å². The minimum atomic E-state index is -1.26. The van der Waals surface area contributed by atoms with Gasteiger partial charge in [0.2, 0.25) is 0 Å². The standard InChI is InChI=1S/C11H16N2.C4H4O4/c1-2-4-11(5-3-1)10-13-8-6-12-7-9-13;5-3(6)1-2-4(7)8/h1-5,12H,6-10H2;1-2H,(H,5,6)(H,7,8)/b;2-1+. The molecule has 1 fully saturated rings. The number of nitrogens with zero attached hydrogens (tertiary/aromatic N) is 1. The first-order valence-corrected chi connectivity index (χ1v) is 6.69. The van der Waals surface area contributed by atoms with Gasteiger partial charge in [0, 0.05) is 44.9 Å². The third-order valence-electron chi connectivity index (χ3n) is 2.83. The van der Waals surface area contributed by atoms with Crippen molar-refractivity contribution in [2.75, 3.05) is 26.2 Å². The number of carboxylic acid groups (broad SMARTS) is 2. The average Bonchev–Trinajstić information content (AvgIpc) is 2.48. The first-order valence-electron chi connectivity index (χ1n) is 6.69. The highest BCUT2D eigenvalue weighted by Crippen LogP contribution is 2.04. The molecular formula is C15H20N2O4. The molecule has 1 aromatic carbocycles. The number of carbonyl (C=O) groups is 2. The highest BCUT2D eigenvalue weighted by atomic mass is 16.4. The van der Waals surface area contributed by atoms with Crippen LogP contribution >= 0.6 is 0 Å². The Morgan fingerprint density at radius 1 is 1.05 bits per heavy atom. The number of carboxylic acids is 2. The quantitative estimate of drug-likeness (QED) is 0.711. The van der Waals surface area contributed by atoms with Crippen LogP contribution in [0.1, 0.15) is 5.56 Å². The SMILES string of the molecule is O=C(O)/C=C/C(=O)O.c1ccc(CN2CCNCC2)cc1. The lowest BCUT2D eigenvalue weighted by Crippen LogP contribution is -2.42. The van der Waals surface area contributed by atoms with Gasteiger partial charge in [0.1, 0.15) is 0 Å². The molecule has 6 nitrogen and oxygen atoms in total. The molecule has 0 amide bonds. The van der Waals surface area contributed by atoms with Gasteiger partial charge >= 0.3 is 11.9 Å². The number of hydrogen-bond donors (Lipinski definition) is 3. The summed E-state index contributed by atoms with van der Waals surface area (Å²) < 4.78 is 0. The van der Waals surface area contributed by atoms with Crippen LogP contribution in [0.2, 0.25) is 0 Å². The zero-order valence-corrected chi connectivity index (χ0v) is 11.7. The largest absolute Gasteiger partial charge is 0.478 e. The van der Waals surface area contributed by atoms with Gasteiger partial charge < -0.3 is 15.5 Å². The molecule has 0 unspecified atom stereocenters. The monoisotopic (exact) mass is 292 g/mol. The number of nitrogens with one attached hydrogen (secondary N) is 1. The summed E-state index contributed by atoms with van der Waals surface area (Å²) in [6.07, 6.45) is 1.12. The minimum absolute atomic E-state index is 0.558.